The van der Waals surface area contributed by atoms with E-state index in [0.29, 0.717) is 17.9 Å². The molecule has 0 unspecified atom stereocenters. The first-order valence-corrected chi connectivity index (χ1v) is 8.56. The highest BCUT2D eigenvalue weighted by atomic mass is 19.4. The lowest BCUT2D eigenvalue weighted by Crippen LogP contribution is -2.40. The van der Waals surface area contributed by atoms with Crippen LogP contribution >= 0.6 is 0 Å². The van der Waals surface area contributed by atoms with Crippen molar-refractivity contribution in [2.24, 2.45) is 5.92 Å². The lowest BCUT2D eigenvalue weighted by Gasteiger charge is -2.25. The second-order valence-electron chi connectivity index (χ2n) is 6.60. The highest BCUT2D eigenvalue weighted by molar-refractivity contribution is 5.78. The molecule has 1 heterocycles. The number of amides is 1. The van der Waals surface area contributed by atoms with Crippen LogP contribution in [0.25, 0.3) is 0 Å². The fourth-order valence-corrected chi connectivity index (χ4v) is 2.48. The Bertz CT molecular complexity index is 763. The number of nitrogens with zero attached hydrogens (tertiary/aromatic N) is 1. The van der Waals surface area contributed by atoms with E-state index in [2.05, 4.69) is 15.6 Å². The van der Waals surface area contributed by atoms with Crippen molar-refractivity contribution in [1.82, 2.24) is 10.3 Å². The zero-order chi connectivity index (χ0) is 20.0. The molecule has 4 N–H and O–H groups in total. The van der Waals surface area contributed by atoms with E-state index < -0.39 is 11.7 Å². The molecule has 5 nitrogen and oxygen atoms in total. The van der Waals surface area contributed by atoms with Crippen LogP contribution in [0, 0.1) is 5.92 Å². The van der Waals surface area contributed by atoms with Gasteiger partial charge in [0.25, 0.3) is 0 Å². The zero-order valence-electron chi connectivity index (χ0n) is 15.2. The fraction of sp³-hybridized carbons (Fsp3) is 0.368. The summed E-state index contributed by atoms with van der Waals surface area (Å²) in [5, 5.41) is 5.95. The minimum atomic E-state index is -4.44. The van der Waals surface area contributed by atoms with Crippen LogP contribution in [0.5, 0.6) is 0 Å². The molecule has 0 aliphatic heterocycles. The molecule has 0 bridgehead atoms. The van der Waals surface area contributed by atoms with Crippen LogP contribution in [0.15, 0.2) is 42.6 Å². The molecule has 0 saturated carbocycles. The van der Waals surface area contributed by atoms with E-state index in [1.54, 1.807) is 18.3 Å². The molecule has 1 aromatic carbocycles. The number of rotatable bonds is 7. The van der Waals surface area contributed by atoms with Gasteiger partial charge in [-0.1, -0.05) is 19.9 Å². The number of nitrogens with one attached hydrogen (secondary N) is 2. The summed E-state index contributed by atoms with van der Waals surface area (Å²) in [6, 6.07) is 8.34. The number of halogens is 3. The Morgan fingerprint density at radius 3 is 2.52 bits per heavy atom. The summed E-state index contributed by atoms with van der Waals surface area (Å²) in [4.78, 5) is 16.2. The topological polar surface area (TPSA) is 80.0 Å². The first-order valence-electron chi connectivity index (χ1n) is 8.56. The molecule has 146 valence electrons. The van der Waals surface area contributed by atoms with Crippen LogP contribution in [0.3, 0.4) is 0 Å². The molecule has 0 fully saturated rings. The molecule has 1 amide bonds. The van der Waals surface area contributed by atoms with Gasteiger partial charge in [0.05, 0.1) is 23.4 Å². The van der Waals surface area contributed by atoms with Crippen molar-refractivity contribution in [3.8, 4) is 0 Å². The van der Waals surface area contributed by atoms with E-state index in [1.807, 2.05) is 19.9 Å². The van der Waals surface area contributed by atoms with Crippen molar-refractivity contribution in [2.45, 2.75) is 32.5 Å². The molecular formula is C19H23F3N4O. The summed E-state index contributed by atoms with van der Waals surface area (Å²) in [6.45, 7) is 4.20. The van der Waals surface area contributed by atoms with Gasteiger partial charge >= 0.3 is 6.18 Å². The monoisotopic (exact) mass is 380 g/mol. The van der Waals surface area contributed by atoms with Gasteiger partial charge in [0.15, 0.2) is 0 Å². The number of nitrogen functional groups attached to an aromatic ring is 1. The summed E-state index contributed by atoms with van der Waals surface area (Å²) in [5.41, 5.74) is 6.05. The number of benzene rings is 1. The standard InChI is InChI=1S/C19H23F3N4O/c1-12(2)17(11-25-18(27)10-14-5-3-4-8-24-14)26-16-7-6-13(9-15(16)23)19(20,21)22/h3-9,12,17,26H,10-11,23H2,1-2H3,(H,25,27)/t17-/m0/s1. The Morgan fingerprint density at radius 2 is 1.96 bits per heavy atom. The van der Waals surface area contributed by atoms with E-state index in [9.17, 15) is 18.0 Å². The largest absolute Gasteiger partial charge is 0.416 e. The maximum atomic E-state index is 12.8. The van der Waals surface area contributed by atoms with Crippen LogP contribution in [-0.4, -0.2) is 23.5 Å². The van der Waals surface area contributed by atoms with Crippen molar-refractivity contribution >= 4 is 17.3 Å². The number of hydrogen-bond donors (Lipinski definition) is 3. The van der Waals surface area contributed by atoms with Gasteiger partial charge in [-0.2, -0.15) is 13.2 Å². The quantitative estimate of drug-likeness (QED) is 0.643. The van der Waals surface area contributed by atoms with E-state index in [-0.39, 0.29) is 30.0 Å². The van der Waals surface area contributed by atoms with Crippen LogP contribution in [0.2, 0.25) is 0 Å². The SMILES string of the molecule is CC(C)[C@H](CNC(=O)Cc1ccccn1)Nc1ccc(C(F)(F)F)cc1N. The van der Waals surface area contributed by atoms with E-state index >= 15 is 0 Å². The number of aromatic nitrogens is 1. The second-order valence-corrected chi connectivity index (χ2v) is 6.60. The molecule has 1 aromatic heterocycles. The van der Waals surface area contributed by atoms with Crippen molar-refractivity contribution in [2.75, 3.05) is 17.6 Å². The third-order valence-corrected chi connectivity index (χ3v) is 4.11. The fourth-order valence-electron chi connectivity index (χ4n) is 2.48. The molecule has 0 spiro atoms. The minimum absolute atomic E-state index is 0.00953. The van der Waals surface area contributed by atoms with Gasteiger partial charge in [-0.15, -0.1) is 0 Å². The van der Waals surface area contributed by atoms with Crippen molar-refractivity contribution in [1.29, 1.82) is 0 Å². The molecule has 2 aromatic rings. The summed E-state index contributed by atoms with van der Waals surface area (Å²) in [7, 11) is 0. The Labute approximate surface area is 156 Å². The number of nitrogens with two attached hydrogens (primary N) is 1. The maximum Gasteiger partial charge on any atom is 0.416 e. The van der Waals surface area contributed by atoms with Crippen molar-refractivity contribution < 1.29 is 18.0 Å². The third-order valence-electron chi connectivity index (χ3n) is 4.11. The highest BCUT2D eigenvalue weighted by Gasteiger charge is 2.31. The van der Waals surface area contributed by atoms with Gasteiger partial charge in [0.1, 0.15) is 0 Å². The Hall–Kier alpha value is -2.77. The molecule has 0 aliphatic rings. The Morgan fingerprint density at radius 1 is 1.22 bits per heavy atom. The van der Waals surface area contributed by atoms with Crippen LogP contribution in [0.1, 0.15) is 25.1 Å². The van der Waals surface area contributed by atoms with Gasteiger partial charge in [0.2, 0.25) is 5.91 Å². The third kappa shape index (κ3) is 6.16. The first-order chi connectivity index (χ1) is 12.7. The Kier molecular flexibility index (Phi) is 6.65. The molecule has 0 saturated heterocycles. The van der Waals surface area contributed by atoms with E-state index in [4.69, 9.17) is 5.73 Å². The zero-order valence-corrected chi connectivity index (χ0v) is 15.2. The molecule has 2 rings (SSSR count). The smallest absolute Gasteiger partial charge is 0.397 e. The predicted octanol–water partition coefficient (Wildman–Crippen LogP) is 3.48. The number of anilines is 2. The van der Waals surface area contributed by atoms with Crippen molar-refractivity contribution in [3.05, 3.63) is 53.9 Å². The summed E-state index contributed by atoms with van der Waals surface area (Å²) in [6.07, 6.45) is -2.66. The van der Waals surface area contributed by atoms with Gasteiger partial charge in [-0.25, -0.2) is 0 Å². The average molecular weight is 380 g/mol. The molecule has 0 radical (unpaired) electrons. The van der Waals surface area contributed by atoms with E-state index in [0.717, 1.165) is 12.1 Å². The predicted molar refractivity (Wildman–Crippen MR) is 99.1 cm³/mol. The number of carbonyl (C=O) groups excluding carboxylic acids is 1. The highest BCUT2D eigenvalue weighted by Crippen LogP contribution is 2.33. The van der Waals surface area contributed by atoms with Gasteiger partial charge in [-0.3, -0.25) is 9.78 Å². The average Bonchev–Trinajstić information content (AvgIpc) is 2.59. The van der Waals surface area contributed by atoms with Crippen LogP contribution in [-0.2, 0) is 17.4 Å². The lowest BCUT2D eigenvalue weighted by atomic mass is 10.0. The molecule has 8 heteroatoms. The van der Waals surface area contributed by atoms with Crippen LogP contribution < -0.4 is 16.4 Å². The molecule has 27 heavy (non-hydrogen) atoms. The second kappa shape index (κ2) is 8.75. The Balaban J connectivity index is 1.98. The van der Waals surface area contributed by atoms with E-state index in [1.165, 1.54) is 6.07 Å². The summed E-state index contributed by atoms with van der Waals surface area (Å²) < 4.78 is 38.3. The molecule has 0 aliphatic carbocycles. The maximum absolute atomic E-state index is 12.8. The number of hydrogen-bond acceptors (Lipinski definition) is 4. The number of pyridine rings is 1. The van der Waals surface area contributed by atoms with Crippen molar-refractivity contribution in [3.63, 3.8) is 0 Å². The molecular weight excluding hydrogens is 357 g/mol. The summed E-state index contributed by atoms with van der Waals surface area (Å²) >= 11 is 0. The molecule has 1 atom stereocenters. The lowest BCUT2D eigenvalue weighted by molar-refractivity contribution is -0.137. The number of alkyl halides is 3. The first kappa shape index (κ1) is 20.5. The van der Waals surface area contributed by atoms with Gasteiger partial charge < -0.3 is 16.4 Å². The summed E-state index contributed by atoms with van der Waals surface area (Å²) in [5.74, 6) is -0.0663. The number of carbonyl (C=O) groups is 1. The minimum Gasteiger partial charge on any atom is -0.397 e. The van der Waals surface area contributed by atoms with Gasteiger partial charge in [0, 0.05) is 24.5 Å². The van der Waals surface area contributed by atoms with Gasteiger partial charge in [-0.05, 0) is 36.2 Å². The van der Waals surface area contributed by atoms with Crippen LogP contribution in [0.4, 0.5) is 24.5 Å². The normalized spacial score (nSPS) is 12.7.